The quantitative estimate of drug-likeness (QED) is 0.357. The molecule has 0 unspecified atom stereocenters. The second kappa shape index (κ2) is 8.43. The van der Waals surface area contributed by atoms with Gasteiger partial charge in [0.1, 0.15) is 16.3 Å². The highest BCUT2D eigenvalue weighted by atomic mass is 35.5. The van der Waals surface area contributed by atoms with Gasteiger partial charge < -0.3 is 5.11 Å². The van der Waals surface area contributed by atoms with E-state index in [1.165, 1.54) is 11.6 Å². The van der Waals surface area contributed by atoms with Crippen LogP contribution >= 0.6 is 23.2 Å². The van der Waals surface area contributed by atoms with Gasteiger partial charge >= 0.3 is 11.7 Å². The summed E-state index contributed by atoms with van der Waals surface area (Å²) >= 11 is 11.7. The van der Waals surface area contributed by atoms with Crippen LogP contribution in [0.5, 0.6) is 0 Å². The number of carboxylic acids is 1. The molecular weight excluding hydrogens is 435 g/mol. The van der Waals surface area contributed by atoms with Gasteiger partial charge in [-0.25, -0.2) is 17.9 Å². The van der Waals surface area contributed by atoms with Crippen molar-refractivity contribution in [1.29, 1.82) is 0 Å². The monoisotopic (exact) mass is 450 g/mol. The molecule has 2 aromatic rings. The van der Waals surface area contributed by atoms with Crippen LogP contribution in [-0.2, 0) is 16.6 Å². The fourth-order valence-electron chi connectivity index (χ4n) is 2.58. The molecular formula is C15H16Cl2N4O6S. The van der Waals surface area contributed by atoms with Gasteiger partial charge in [0, 0.05) is 13.1 Å². The molecule has 0 aliphatic carbocycles. The first-order valence-electron chi connectivity index (χ1n) is 7.86. The number of nitro groups is 1. The van der Waals surface area contributed by atoms with Crippen molar-refractivity contribution < 1.29 is 23.2 Å². The van der Waals surface area contributed by atoms with E-state index in [2.05, 4.69) is 9.82 Å². The van der Waals surface area contributed by atoms with Gasteiger partial charge in [-0.1, -0.05) is 23.2 Å². The summed E-state index contributed by atoms with van der Waals surface area (Å²) in [5.74, 6) is -1.38. The number of nitrogens with one attached hydrogen (secondary N) is 1. The van der Waals surface area contributed by atoms with Crippen molar-refractivity contribution in [2.45, 2.75) is 31.7 Å². The highest BCUT2D eigenvalue weighted by molar-refractivity contribution is 7.89. The molecule has 1 aromatic carbocycles. The number of hydrogen-bond acceptors (Lipinski definition) is 6. The van der Waals surface area contributed by atoms with Crippen LogP contribution in [0.1, 0.15) is 28.2 Å². The summed E-state index contributed by atoms with van der Waals surface area (Å²) in [7, 11) is -4.09. The van der Waals surface area contributed by atoms with Gasteiger partial charge in [-0.2, -0.15) is 5.10 Å². The molecule has 0 saturated carbocycles. The highest BCUT2D eigenvalue weighted by Gasteiger charge is 2.23. The SMILES string of the molecule is Cc1nn(CCCNS(=O)(=O)c2cc(C(=O)O)c(Cl)cc2Cl)c(C)c1[N+](=O)[O-]. The molecule has 2 N–H and O–H groups in total. The fraction of sp³-hybridized carbons (Fsp3) is 0.333. The first-order chi connectivity index (χ1) is 13.0. The summed E-state index contributed by atoms with van der Waals surface area (Å²) in [4.78, 5) is 21.2. The third-order valence-corrected chi connectivity index (χ3v) is 6.14. The number of carboxylic acid groups (broad SMARTS) is 1. The number of aromatic carboxylic acids is 1. The van der Waals surface area contributed by atoms with E-state index in [1.54, 1.807) is 6.92 Å². The molecule has 0 atom stereocenters. The zero-order valence-corrected chi connectivity index (χ0v) is 17.1. The molecule has 10 nitrogen and oxygen atoms in total. The number of halogens is 2. The van der Waals surface area contributed by atoms with Gasteiger partial charge in [0.2, 0.25) is 10.0 Å². The molecule has 0 aliphatic rings. The normalized spacial score (nSPS) is 11.6. The maximum atomic E-state index is 12.4. The predicted octanol–water partition coefficient (Wildman–Crippen LogP) is 2.78. The second-order valence-corrected chi connectivity index (χ2v) is 8.37. The molecule has 0 fully saturated rings. The molecule has 0 amide bonds. The van der Waals surface area contributed by atoms with Crippen LogP contribution < -0.4 is 4.72 Å². The van der Waals surface area contributed by atoms with E-state index in [4.69, 9.17) is 28.3 Å². The van der Waals surface area contributed by atoms with Crippen LogP contribution in [0.15, 0.2) is 17.0 Å². The Morgan fingerprint density at radius 2 is 1.96 bits per heavy atom. The Bertz CT molecular complexity index is 1050. The fourth-order valence-corrected chi connectivity index (χ4v) is 4.51. The number of rotatable bonds is 8. The van der Waals surface area contributed by atoms with Crippen LogP contribution in [-0.4, -0.2) is 40.7 Å². The number of carbonyl (C=O) groups is 1. The molecule has 0 aliphatic heterocycles. The topological polar surface area (TPSA) is 144 Å². The minimum Gasteiger partial charge on any atom is -0.478 e. The van der Waals surface area contributed by atoms with E-state index in [9.17, 15) is 23.3 Å². The van der Waals surface area contributed by atoms with Crippen LogP contribution in [0.2, 0.25) is 10.0 Å². The van der Waals surface area contributed by atoms with Gasteiger partial charge in [0.05, 0.1) is 20.5 Å². The molecule has 13 heteroatoms. The largest absolute Gasteiger partial charge is 0.478 e. The predicted molar refractivity (Wildman–Crippen MR) is 102 cm³/mol. The Morgan fingerprint density at radius 1 is 1.32 bits per heavy atom. The first-order valence-corrected chi connectivity index (χ1v) is 10.1. The number of aromatic nitrogens is 2. The molecule has 1 aromatic heterocycles. The van der Waals surface area contributed by atoms with Crippen LogP contribution in [0.4, 0.5) is 5.69 Å². The Balaban J connectivity index is 2.09. The van der Waals surface area contributed by atoms with Gasteiger partial charge in [-0.3, -0.25) is 14.8 Å². The van der Waals surface area contributed by atoms with Gasteiger partial charge in [0.25, 0.3) is 0 Å². The zero-order valence-electron chi connectivity index (χ0n) is 14.8. The van der Waals surface area contributed by atoms with Gasteiger partial charge in [-0.15, -0.1) is 0 Å². The number of nitrogens with zero attached hydrogens (tertiary/aromatic N) is 3. The smallest absolute Gasteiger partial charge is 0.337 e. The average molecular weight is 451 g/mol. The lowest BCUT2D eigenvalue weighted by molar-refractivity contribution is -0.386. The van der Waals surface area contributed by atoms with E-state index >= 15 is 0 Å². The van der Waals surface area contributed by atoms with Crippen molar-refractivity contribution in [3.8, 4) is 0 Å². The Kier molecular flexibility index (Phi) is 6.65. The standard InChI is InChI=1S/C15H16Cl2N4O6S/c1-8-14(21(24)25)9(2)20(19-8)5-3-4-18-28(26,27)13-6-10(15(22)23)11(16)7-12(13)17/h6-7,18H,3-5H2,1-2H3,(H,22,23). The number of hydrogen-bond donors (Lipinski definition) is 2. The highest BCUT2D eigenvalue weighted by Crippen LogP contribution is 2.28. The van der Waals surface area contributed by atoms with Crippen LogP contribution in [0.25, 0.3) is 0 Å². The summed E-state index contributed by atoms with van der Waals surface area (Å²) < 4.78 is 28.6. The molecule has 0 spiro atoms. The summed E-state index contributed by atoms with van der Waals surface area (Å²) in [6.45, 7) is 3.31. The summed E-state index contributed by atoms with van der Waals surface area (Å²) in [6.07, 6.45) is 0.287. The van der Waals surface area contributed by atoms with Gasteiger partial charge in [-0.05, 0) is 32.4 Å². The summed E-state index contributed by atoms with van der Waals surface area (Å²) in [5, 5.41) is 23.8. The average Bonchev–Trinajstić information content (AvgIpc) is 2.84. The molecule has 0 radical (unpaired) electrons. The summed E-state index contributed by atoms with van der Waals surface area (Å²) in [6, 6.07) is 1.94. The maximum Gasteiger partial charge on any atom is 0.337 e. The van der Waals surface area contributed by atoms with Crippen LogP contribution in [0.3, 0.4) is 0 Å². The van der Waals surface area contributed by atoms with E-state index in [0.717, 1.165) is 12.1 Å². The molecule has 152 valence electrons. The minimum atomic E-state index is -4.09. The van der Waals surface area contributed by atoms with E-state index in [-0.39, 0.29) is 46.5 Å². The maximum absolute atomic E-state index is 12.4. The molecule has 2 rings (SSSR count). The summed E-state index contributed by atoms with van der Waals surface area (Å²) in [5.41, 5.74) is 0.186. The van der Waals surface area contributed by atoms with Crippen molar-refractivity contribution in [3.63, 3.8) is 0 Å². The molecule has 0 saturated heterocycles. The van der Waals surface area contributed by atoms with Crippen molar-refractivity contribution in [2.75, 3.05) is 6.54 Å². The van der Waals surface area contributed by atoms with Crippen molar-refractivity contribution in [3.05, 3.63) is 49.2 Å². The number of benzene rings is 1. The number of sulfonamides is 1. The van der Waals surface area contributed by atoms with E-state index in [0.29, 0.717) is 5.69 Å². The first kappa shape index (κ1) is 22.1. The molecule has 28 heavy (non-hydrogen) atoms. The second-order valence-electron chi connectivity index (χ2n) is 5.82. The van der Waals surface area contributed by atoms with Crippen LogP contribution in [0, 0.1) is 24.0 Å². The lowest BCUT2D eigenvalue weighted by Gasteiger charge is -2.10. The van der Waals surface area contributed by atoms with Crippen molar-refractivity contribution >= 4 is 44.9 Å². The molecule has 0 bridgehead atoms. The Hall–Kier alpha value is -2.21. The third kappa shape index (κ3) is 4.61. The zero-order chi connectivity index (χ0) is 21.2. The lowest BCUT2D eigenvalue weighted by Crippen LogP contribution is -2.26. The Labute approximate surface area is 170 Å². The minimum absolute atomic E-state index is 0.0180. The Morgan fingerprint density at radius 3 is 2.50 bits per heavy atom. The lowest BCUT2D eigenvalue weighted by atomic mass is 10.2. The van der Waals surface area contributed by atoms with Crippen molar-refractivity contribution in [2.24, 2.45) is 0 Å². The van der Waals surface area contributed by atoms with Gasteiger partial charge in [0.15, 0.2) is 0 Å². The molecule has 1 heterocycles. The van der Waals surface area contributed by atoms with E-state index in [1.807, 2.05) is 0 Å². The third-order valence-electron chi connectivity index (χ3n) is 3.91. The number of aryl methyl sites for hydroxylation is 2. The van der Waals surface area contributed by atoms with E-state index < -0.39 is 25.8 Å². The van der Waals surface area contributed by atoms with Crippen molar-refractivity contribution in [1.82, 2.24) is 14.5 Å².